The molecule has 0 amide bonds. The number of nitrogens with zero attached hydrogens (tertiary/aromatic N) is 3. The molecule has 54 heavy (non-hydrogen) atoms. The number of benzene rings is 8. The zero-order valence-corrected chi connectivity index (χ0v) is 29.1. The Balaban J connectivity index is 1.33. The fourth-order valence-corrected chi connectivity index (χ4v) is 8.07. The molecule has 0 spiro atoms. The first-order valence-corrected chi connectivity index (χ1v) is 18.1. The molecule has 0 N–H and O–H groups in total. The smallest absolute Gasteiger partial charge is 0.227 e. The van der Waals surface area contributed by atoms with Crippen molar-refractivity contribution >= 4 is 71.9 Å². The maximum absolute atomic E-state index is 6.92. The van der Waals surface area contributed by atoms with Crippen LogP contribution in [-0.2, 0) is 0 Å². The summed E-state index contributed by atoms with van der Waals surface area (Å²) in [6.07, 6.45) is 0. The average Bonchev–Trinajstić information content (AvgIpc) is 3.94. The van der Waals surface area contributed by atoms with E-state index in [2.05, 4.69) is 155 Å². The summed E-state index contributed by atoms with van der Waals surface area (Å²) in [7, 11) is 0. The van der Waals surface area contributed by atoms with E-state index in [0.29, 0.717) is 11.5 Å². The van der Waals surface area contributed by atoms with Crippen LogP contribution in [-0.4, -0.2) is 9.55 Å². The van der Waals surface area contributed by atoms with Gasteiger partial charge in [-0.1, -0.05) is 127 Å². The second kappa shape index (κ2) is 12.1. The van der Waals surface area contributed by atoms with E-state index in [0.717, 1.165) is 88.7 Å². The molecule has 0 bridgehead atoms. The van der Waals surface area contributed by atoms with Gasteiger partial charge in [0, 0.05) is 38.4 Å². The number of para-hydroxylation sites is 4. The van der Waals surface area contributed by atoms with Crippen molar-refractivity contribution < 1.29 is 8.83 Å². The van der Waals surface area contributed by atoms with E-state index in [1.807, 2.05) is 42.5 Å². The summed E-state index contributed by atoms with van der Waals surface area (Å²) < 4.78 is 16.2. The second-order valence-electron chi connectivity index (χ2n) is 13.5. The lowest BCUT2D eigenvalue weighted by Gasteiger charge is -2.28. The lowest BCUT2D eigenvalue weighted by Crippen LogP contribution is -2.12. The van der Waals surface area contributed by atoms with Gasteiger partial charge < -0.3 is 18.3 Å². The third-order valence-electron chi connectivity index (χ3n) is 10.4. The SMILES string of the molecule is c1ccc(-c2nc3cc4c(oc5ccccc54)c(N(c4ccccc4-c4ccccc4)c4cccc5c4c4ccccc4n5-c4ccccc4)c3o2)cc1. The van der Waals surface area contributed by atoms with Crippen LogP contribution in [0.15, 0.2) is 197 Å². The number of hydrogen-bond acceptors (Lipinski definition) is 4. The minimum Gasteiger partial charge on any atom is -0.454 e. The van der Waals surface area contributed by atoms with Crippen molar-refractivity contribution in [2.45, 2.75) is 0 Å². The summed E-state index contributed by atoms with van der Waals surface area (Å²) in [5.41, 5.74) is 12.1. The highest BCUT2D eigenvalue weighted by Crippen LogP contribution is 2.52. The van der Waals surface area contributed by atoms with Crippen molar-refractivity contribution in [3.8, 4) is 28.3 Å². The average molecular weight is 694 g/mol. The number of anilines is 3. The normalized spacial score (nSPS) is 11.7. The second-order valence-corrected chi connectivity index (χ2v) is 13.5. The molecule has 0 aliphatic rings. The lowest BCUT2D eigenvalue weighted by atomic mass is 10.00. The number of hydrogen-bond donors (Lipinski definition) is 0. The molecule has 0 aliphatic carbocycles. The van der Waals surface area contributed by atoms with Gasteiger partial charge in [-0.15, -0.1) is 0 Å². The molecule has 0 unspecified atom stereocenters. The van der Waals surface area contributed by atoms with Gasteiger partial charge >= 0.3 is 0 Å². The van der Waals surface area contributed by atoms with Crippen LogP contribution in [0.3, 0.4) is 0 Å². The molecule has 254 valence electrons. The van der Waals surface area contributed by atoms with E-state index < -0.39 is 0 Å². The number of aromatic nitrogens is 2. The molecule has 0 fully saturated rings. The molecule has 0 saturated heterocycles. The highest BCUT2D eigenvalue weighted by Gasteiger charge is 2.30. The third-order valence-corrected chi connectivity index (χ3v) is 10.4. The van der Waals surface area contributed by atoms with E-state index in [-0.39, 0.29) is 0 Å². The van der Waals surface area contributed by atoms with Crippen LogP contribution in [0, 0.1) is 0 Å². The minimum absolute atomic E-state index is 0.555. The number of oxazole rings is 1. The van der Waals surface area contributed by atoms with Crippen LogP contribution >= 0.6 is 0 Å². The van der Waals surface area contributed by atoms with Crippen LogP contribution < -0.4 is 4.90 Å². The number of fused-ring (bicyclic) bond motifs is 7. The third kappa shape index (κ3) is 4.62. The first-order chi connectivity index (χ1) is 26.8. The molecular formula is C49H31N3O2. The van der Waals surface area contributed by atoms with E-state index in [1.54, 1.807) is 0 Å². The highest BCUT2D eigenvalue weighted by molar-refractivity contribution is 6.22. The Morgan fingerprint density at radius 3 is 1.91 bits per heavy atom. The van der Waals surface area contributed by atoms with Crippen molar-refractivity contribution in [3.63, 3.8) is 0 Å². The summed E-state index contributed by atoms with van der Waals surface area (Å²) in [5, 5.41) is 4.26. The molecule has 3 heterocycles. The van der Waals surface area contributed by atoms with Crippen molar-refractivity contribution in [2.24, 2.45) is 0 Å². The van der Waals surface area contributed by atoms with Gasteiger partial charge in [-0.3, -0.25) is 0 Å². The molecule has 0 atom stereocenters. The fraction of sp³-hybridized carbons (Fsp3) is 0. The molecule has 3 aromatic heterocycles. The molecule has 0 radical (unpaired) electrons. The van der Waals surface area contributed by atoms with Crippen LogP contribution in [0.25, 0.3) is 83.1 Å². The van der Waals surface area contributed by atoms with Crippen molar-refractivity contribution in [1.29, 1.82) is 0 Å². The summed E-state index contributed by atoms with van der Waals surface area (Å²) in [6, 6.07) is 65.4. The van der Waals surface area contributed by atoms with E-state index >= 15 is 0 Å². The quantitative estimate of drug-likeness (QED) is 0.174. The Kier molecular flexibility index (Phi) is 6.79. The molecule has 11 rings (SSSR count). The van der Waals surface area contributed by atoms with E-state index in [9.17, 15) is 0 Å². The molecule has 11 aromatic rings. The molecule has 0 saturated carbocycles. The largest absolute Gasteiger partial charge is 0.454 e. The van der Waals surface area contributed by atoms with Gasteiger partial charge in [0.05, 0.1) is 22.4 Å². The van der Waals surface area contributed by atoms with Crippen molar-refractivity contribution in [3.05, 3.63) is 188 Å². The summed E-state index contributed by atoms with van der Waals surface area (Å²) >= 11 is 0. The van der Waals surface area contributed by atoms with Crippen molar-refractivity contribution in [2.75, 3.05) is 4.90 Å². The Labute approximate surface area is 310 Å². The molecule has 0 aliphatic heterocycles. The van der Waals surface area contributed by atoms with E-state index in [1.165, 1.54) is 0 Å². The standard InChI is InChI=1S/C49H31N3O2/c1-4-17-32(18-5-1)35-23-10-13-26-40(35)52(43-29-16-28-42-45(43)37-25-11-14-27-41(37)51(42)34-21-8-3-9-22-34)46-47-38(36-24-12-15-30-44(36)53-47)31-39-48(46)54-49(50-39)33-19-6-2-7-20-33/h1-31H. The number of furan rings is 1. The topological polar surface area (TPSA) is 47.3 Å². The lowest BCUT2D eigenvalue weighted by molar-refractivity contribution is 0.618. The maximum Gasteiger partial charge on any atom is 0.227 e. The summed E-state index contributed by atoms with van der Waals surface area (Å²) in [6.45, 7) is 0. The van der Waals surface area contributed by atoms with Crippen LogP contribution in [0.4, 0.5) is 17.1 Å². The highest BCUT2D eigenvalue weighted by atomic mass is 16.4. The zero-order chi connectivity index (χ0) is 35.6. The van der Waals surface area contributed by atoms with Gasteiger partial charge in [0.1, 0.15) is 16.8 Å². The first kappa shape index (κ1) is 30.3. The predicted octanol–water partition coefficient (Wildman–Crippen LogP) is 13.6. The Hall–Kier alpha value is -7.37. The molecule has 8 aromatic carbocycles. The fourth-order valence-electron chi connectivity index (χ4n) is 8.07. The van der Waals surface area contributed by atoms with Gasteiger partial charge in [0.25, 0.3) is 0 Å². The Morgan fingerprint density at radius 1 is 0.463 bits per heavy atom. The maximum atomic E-state index is 6.92. The zero-order valence-electron chi connectivity index (χ0n) is 29.1. The minimum atomic E-state index is 0.555. The Morgan fingerprint density at radius 2 is 1.09 bits per heavy atom. The number of rotatable bonds is 6. The Bertz CT molecular complexity index is 3160. The van der Waals surface area contributed by atoms with Gasteiger partial charge in [-0.05, 0) is 66.2 Å². The van der Waals surface area contributed by atoms with Gasteiger partial charge in [-0.25, -0.2) is 4.98 Å². The summed E-state index contributed by atoms with van der Waals surface area (Å²) in [5.74, 6) is 0.555. The molecular weight excluding hydrogens is 663 g/mol. The van der Waals surface area contributed by atoms with Crippen LogP contribution in [0.2, 0.25) is 0 Å². The van der Waals surface area contributed by atoms with Gasteiger partial charge in [-0.2, -0.15) is 0 Å². The summed E-state index contributed by atoms with van der Waals surface area (Å²) in [4.78, 5) is 7.49. The predicted molar refractivity (Wildman–Crippen MR) is 221 cm³/mol. The molecule has 5 heteroatoms. The first-order valence-electron chi connectivity index (χ1n) is 18.1. The van der Waals surface area contributed by atoms with Crippen LogP contribution in [0.5, 0.6) is 0 Å². The van der Waals surface area contributed by atoms with Gasteiger partial charge in [0.2, 0.25) is 5.89 Å². The van der Waals surface area contributed by atoms with Crippen molar-refractivity contribution in [1.82, 2.24) is 9.55 Å². The van der Waals surface area contributed by atoms with Crippen LogP contribution in [0.1, 0.15) is 0 Å². The van der Waals surface area contributed by atoms with E-state index in [4.69, 9.17) is 13.8 Å². The monoisotopic (exact) mass is 693 g/mol. The molecule has 5 nitrogen and oxygen atoms in total. The van der Waals surface area contributed by atoms with Gasteiger partial charge in [0.15, 0.2) is 11.2 Å².